The number of ether oxygens (including phenoxy) is 3. The Kier molecular flexibility index (Phi) is 7.62. The molecule has 2 aromatic rings. The largest absolute Gasteiger partial charge is 0.490 e. The minimum atomic E-state index is -0.516. The number of fused-ring (bicyclic) bond motifs is 1. The molecule has 3 aliphatic rings. The van der Waals surface area contributed by atoms with Gasteiger partial charge in [-0.1, -0.05) is 30.3 Å². The molecule has 10 nitrogen and oxygen atoms in total. The number of para-hydroxylation sites is 1. The third-order valence-electron chi connectivity index (χ3n) is 5.72. The van der Waals surface area contributed by atoms with Crippen LogP contribution in [-0.2, 0) is 14.3 Å². The van der Waals surface area contributed by atoms with Gasteiger partial charge in [0.2, 0.25) is 11.1 Å². The maximum atomic E-state index is 12.7. The number of hydrazone groups is 1. The summed E-state index contributed by atoms with van der Waals surface area (Å²) >= 11 is 1.14. The number of amidine groups is 2. The smallest absolute Gasteiger partial charge is 0.283 e. The molecule has 11 heteroatoms. The van der Waals surface area contributed by atoms with Crippen LogP contribution >= 0.6 is 11.8 Å². The van der Waals surface area contributed by atoms with Crippen LogP contribution in [0.4, 0.5) is 0 Å². The Morgan fingerprint density at radius 1 is 1.03 bits per heavy atom. The van der Waals surface area contributed by atoms with E-state index in [9.17, 15) is 9.59 Å². The number of hydrogen-bond donors (Lipinski definition) is 1. The lowest BCUT2D eigenvalue weighted by atomic mass is 10.1. The molecular formula is C26H25N5O5S. The van der Waals surface area contributed by atoms with Crippen LogP contribution in [0.2, 0.25) is 0 Å². The van der Waals surface area contributed by atoms with E-state index in [1.807, 2.05) is 30.3 Å². The lowest BCUT2D eigenvalue weighted by Gasteiger charge is -2.26. The van der Waals surface area contributed by atoms with Crippen molar-refractivity contribution in [1.29, 1.82) is 5.41 Å². The summed E-state index contributed by atoms with van der Waals surface area (Å²) in [7, 11) is 0. The molecule has 1 saturated heterocycles. The van der Waals surface area contributed by atoms with Gasteiger partial charge in [0, 0.05) is 13.1 Å². The van der Waals surface area contributed by atoms with E-state index >= 15 is 0 Å². The number of amides is 2. The molecule has 0 aliphatic carbocycles. The van der Waals surface area contributed by atoms with Crippen LogP contribution in [0.3, 0.4) is 0 Å². The van der Waals surface area contributed by atoms with E-state index in [1.165, 1.54) is 5.01 Å². The topological polar surface area (TPSA) is 117 Å². The van der Waals surface area contributed by atoms with E-state index in [0.717, 1.165) is 23.1 Å². The standard InChI is InChI=1S/C26H25N5O5S/c27-24-21(16-18-6-8-20(9-7-18)36-15-14-35-19-4-2-1-3-5-19)25(33)28-26-31(24)29-22(37-26)17-23(32)30-10-12-34-13-11-30/h1-9,16,27H,10-15,17H2/b21-16-,27-24?. The van der Waals surface area contributed by atoms with Gasteiger partial charge < -0.3 is 19.1 Å². The molecule has 0 unspecified atom stereocenters. The Morgan fingerprint density at radius 3 is 2.41 bits per heavy atom. The summed E-state index contributed by atoms with van der Waals surface area (Å²) < 4.78 is 16.6. The molecule has 1 N–H and O–H groups in total. The van der Waals surface area contributed by atoms with Crippen molar-refractivity contribution in [2.24, 2.45) is 10.1 Å². The van der Waals surface area contributed by atoms with Gasteiger partial charge in [-0.15, -0.1) is 0 Å². The second kappa shape index (κ2) is 11.4. The SMILES string of the molecule is N=C1/C(=C/c2ccc(OCCOc3ccccc3)cc2)C(=O)N=C2SC(CC(=O)N3CCOCC3)=NN12. The quantitative estimate of drug-likeness (QED) is 0.421. The number of hydrogen-bond acceptors (Lipinski definition) is 8. The first kappa shape index (κ1) is 24.7. The van der Waals surface area contributed by atoms with E-state index in [2.05, 4.69) is 10.1 Å². The molecule has 3 heterocycles. The predicted octanol–water partition coefficient (Wildman–Crippen LogP) is 3.01. The molecule has 2 aromatic carbocycles. The Hall–Kier alpha value is -3.96. The van der Waals surface area contributed by atoms with Gasteiger partial charge in [0.05, 0.1) is 25.2 Å². The van der Waals surface area contributed by atoms with Crippen LogP contribution in [0.15, 0.2) is 70.3 Å². The normalized spacial score (nSPS) is 18.4. The van der Waals surface area contributed by atoms with Crippen molar-refractivity contribution in [3.8, 4) is 11.5 Å². The van der Waals surface area contributed by atoms with Gasteiger partial charge in [0.1, 0.15) is 29.8 Å². The van der Waals surface area contributed by atoms with Gasteiger partial charge in [-0.2, -0.15) is 15.1 Å². The van der Waals surface area contributed by atoms with Crippen molar-refractivity contribution < 1.29 is 23.8 Å². The van der Waals surface area contributed by atoms with Crippen LogP contribution in [0.5, 0.6) is 11.5 Å². The fourth-order valence-electron chi connectivity index (χ4n) is 3.82. The zero-order valence-corrected chi connectivity index (χ0v) is 20.8. The first-order valence-electron chi connectivity index (χ1n) is 11.8. The summed E-state index contributed by atoms with van der Waals surface area (Å²) in [5.41, 5.74) is 0.844. The number of aliphatic imine (C=N–C) groups is 1. The number of carbonyl (C=O) groups excluding carboxylic acids is 2. The lowest BCUT2D eigenvalue weighted by Crippen LogP contribution is -2.41. The Bertz CT molecular complexity index is 1270. The van der Waals surface area contributed by atoms with Crippen molar-refractivity contribution in [2.75, 3.05) is 39.5 Å². The molecule has 0 aromatic heterocycles. The van der Waals surface area contributed by atoms with E-state index in [4.69, 9.17) is 19.6 Å². The zero-order valence-electron chi connectivity index (χ0n) is 20.0. The highest BCUT2D eigenvalue weighted by atomic mass is 32.2. The molecule has 0 atom stereocenters. The number of nitrogens with zero attached hydrogens (tertiary/aromatic N) is 4. The van der Waals surface area contributed by atoms with Crippen molar-refractivity contribution in [3.05, 3.63) is 65.7 Å². The molecule has 1 fully saturated rings. The number of morpholine rings is 1. The van der Waals surface area contributed by atoms with Crippen LogP contribution in [0.1, 0.15) is 12.0 Å². The van der Waals surface area contributed by atoms with E-state index in [-0.39, 0.29) is 23.7 Å². The summed E-state index contributed by atoms with van der Waals surface area (Å²) in [6, 6.07) is 16.7. The average molecular weight is 520 g/mol. The number of rotatable bonds is 8. The summed E-state index contributed by atoms with van der Waals surface area (Å²) in [6.45, 7) is 2.94. The molecule has 5 rings (SSSR count). The van der Waals surface area contributed by atoms with E-state index in [0.29, 0.717) is 55.5 Å². The van der Waals surface area contributed by atoms with Crippen molar-refractivity contribution >= 4 is 45.7 Å². The second-order valence-corrected chi connectivity index (χ2v) is 9.30. The third kappa shape index (κ3) is 6.07. The van der Waals surface area contributed by atoms with Crippen LogP contribution in [0, 0.1) is 5.41 Å². The van der Waals surface area contributed by atoms with Crippen molar-refractivity contribution in [3.63, 3.8) is 0 Å². The van der Waals surface area contributed by atoms with Crippen LogP contribution in [0.25, 0.3) is 6.08 Å². The molecule has 190 valence electrons. The molecule has 3 aliphatic heterocycles. The number of nitrogens with one attached hydrogen (secondary N) is 1. The molecule has 0 saturated carbocycles. The zero-order chi connectivity index (χ0) is 25.6. The minimum Gasteiger partial charge on any atom is -0.490 e. The van der Waals surface area contributed by atoms with E-state index in [1.54, 1.807) is 35.2 Å². The summed E-state index contributed by atoms with van der Waals surface area (Å²) in [6.07, 6.45) is 1.70. The third-order valence-corrected chi connectivity index (χ3v) is 6.63. The Labute approximate surface area is 218 Å². The van der Waals surface area contributed by atoms with Crippen molar-refractivity contribution in [1.82, 2.24) is 9.91 Å². The molecular weight excluding hydrogens is 494 g/mol. The number of thioether (sulfide) groups is 1. The lowest BCUT2D eigenvalue weighted by molar-refractivity contribution is -0.133. The molecule has 0 spiro atoms. The Morgan fingerprint density at radius 2 is 1.70 bits per heavy atom. The number of benzene rings is 2. The highest BCUT2D eigenvalue weighted by Gasteiger charge is 2.36. The molecule has 0 radical (unpaired) electrons. The Balaban J connectivity index is 1.18. The van der Waals surface area contributed by atoms with Crippen LogP contribution in [-0.4, -0.2) is 77.3 Å². The van der Waals surface area contributed by atoms with E-state index < -0.39 is 5.91 Å². The number of carbonyl (C=O) groups is 2. The van der Waals surface area contributed by atoms with Gasteiger partial charge in [-0.05, 0) is 47.7 Å². The summed E-state index contributed by atoms with van der Waals surface area (Å²) in [5.74, 6) is 0.805. The monoisotopic (exact) mass is 519 g/mol. The first-order chi connectivity index (χ1) is 18.1. The van der Waals surface area contributed by atoms with Gasteiger partial charge in [0.15, 0.2) is 5.84 Å². The first-order valence-corrected chi connectivity index (χ1v) is 12.6. The highest BCUT2D eigenvalue weighted by Crippen LogP contribution is 2.30. The molecule has 0 bridgehead atoms. The van der Waals surface area contributed by atoms with Crippen LogP contribution < -0.4 is 9.47 Å². The van der Waals surface area contributed by atoms with Crippen molar-refractivity contribution in [2.45, 2.75) is 6.42 Å². The van der Waals surface area contributed by atoms with Gasteiger partial charge in [0.25, 0.3) is 5.91 Å². The highest BCUT2D eigenvalue weighted by molar-refractivity contribution is 8.27. The second-order valence-electron chi connectivity index (χ2n) is 8.26. The van der Waals surface area contributed by atoms with Gasteiger partial charge in [-0.3, -0.25) is 15.0 Å². The summed E-state index contributed by atoms with van der Waals surface area (Å²) in [4.78, 5) is 31.1. The molecule has 2 amide bonds. The van der Waals surface area contributed by atoms with Gasteiger partial charge >= 0.3 is 0 Å². The van der Waals surface area contributed by atoms with Gasteiger partial charge in [-0.25, -0.2) is 0 Å². The molecule has 37 heavy (non-hydrogen) atoms. The predicted molar refractivity (Wildman–Crippen MR) is 141 cm³/mol. The fourth-order valence-corrected chi connectivity index (χ4v) is 4.70. The summed E-state index contributed by atoms with van der Waals surface area (Å²) in [5, 5.41) is 15.0. The fraction of sp³-hybridized carbons (Fsp3) is 0.269. The average Bonchev–Trinajstić information content (AvgIpc) is 3.33. The maximum absolute atomic E-state index is 12.7. The minimum absolute atomic E-state index is 0.0578. The maximum Gasteiger partial charge on any atom is 0.283 e.